The van der Waals surface area contributed by atoms with Crippen LogP contribution in [-0.4, -0.2) is 11.9 Å². The summed E-state index contributed by atoms with van der Waals surface area (Å²) in [7, 11) is 0. The zero-order chi connectivity index (χ0) is 10.6. The van der Waals surface area contributed by atoms with Gasteiger partial charge >= 0.3 is 0 Å². The number of nitrogens with one attached hydrogen (secondary N) is 1. The topological polar surface area (TPSA) is 55.1 Å². The van der Waals surface area contributed by atoms with E-state index >= 15 is 0 Å². The highest BCUT2D eigenvalue weighted by molar-refractivity contribution is 7.08. The second kappa shape index (κ2) is 5.12. The molecule has 78 valence electrons. The smallest absolute Gasteiger partial charge is 0.241 e. The van der Waals surface area contributed by atoms with Gasteiger partial charge in [-0.2, -0.15) is 11.3 Å². The number of hydrogen-bond acceptors (Lipinski definition) is 3. The molecule has 3 N–H and O–H groups in total. The van der Waals surface area contributed by atoms with Gasteiger partial charge in [-0.3, -0.25) is 4.79 Å². The molecule has 0 aromatic carbocycles. The Morgan fingerprint density at radius 3 is 2.93 bits per heavy atom. The maximum atomic E-state index is 11.6. The molecule has 2 unspecified atom stereocenters. The molecule has 0 aliphatic heterocycles. The molecule has 1 rings (SSSR count). The van der Waals surface area contributed by atoms with Crippen LogP contribution >= 0.6 is 11.3 Å². The molecule has 0 spiro atoms. The Labute approximate surface area is 88.3 Å². The maximum Gasteiger partial charge on any atom is 0.241 e. The van der Waals surface area contributed by atoms with Crippen molar-refractivity contribution in [2.45, 2.75) is 26.3 Å². The van der Waals surface area contributed by atoms with Crippen molar-refractivity contribution in [3.8, 4) is 0 Å². The van der Waals surface area contributed by atoms with E-state index in [0.717, 1.165) is 12.1 Å². The molecular formula is C10H16N2OS. The van der Waals surface area contributed by atoms with Crippen LogP contribution in [0, 0.1) is 5.92 Å². The number of thiophene rings is 1. The Kier molecular flexibility index (Phi) is 4.10. The van der Waals surface area contributed by atoms with Crippen molar-refractivity contribution >= 4 is 22.9 Å². The fourth-order valence-electron chi connectivity index (χ4n) is 1.07. The monoisotopic (exact) mass is 212 g/mol. The normalized spacial score (nSPS) is 14.8. The van der Waals surface area contributed by atoms with Crippen LogP contribution in [0.5, 0.6) is 0 Å². The molecule has 0 fully saturated rings. The number of carbonyl (C=O) groups excluding carboxylic acids is 1. The summed E-state index contributed by atoms with van der Waals surface area (Å²) in [4.78, 5) is 11.6. The van der Waals surface area contributed by atoms with E-state index in [1.165, 1.54) is 0 Å². The van der Waals surface area contributed by atoms with Crippen LogP contribution in [0.4, 0.5) is 5.69 Å². The van der Waals surface area contributed by atoms with Crippen molar-refractivity contribution in [2.75, 3.05) is 5.32 Å². The highest BCUT2D eigenvalue weighted by atomic mass is 32.1. The minimum Gasteiger partial charge on any atom is -0.324 e. The third-order valence-corrected chi connectivity index (χ3v) is 3.03. The summed E-state index contributed by atoms with van der Waals surface area (Å²) in [5.74, 6) is 0.117. The standard InChI is InChI=1S/C10H16N2OS/c1-3-7(2)9(11)10(13)12-8-4-5-14-6-8/h4-7,9H,3,11H2,1-2H3,(H,12,13). The zero-order valence-corrected chi connectivity index (χ0v) is 9.30. The minimum absolute atomic E-state index is 0.0993. The van der Waals surface area contributed by atoms with E-state index in [2.05, 4.69) is 5.32 Å². The van der Waals surface area contributed by atoms with Gasteiger partial charge in [0, 0.05) is 5.38 Å². The third-order valence-electron chi connectivity index (χ3n) is 2.35. The first-order valence-corrected chi connectivity index (χ1v) is 5.68. The number of amides is 1. The van der Waals surface area contributed by atoms with E-state index in [0.29, 0.717) is 0 Å². The lowest BCUT2D eigenvalue weighted by Crippen LogP contribution is -2.40. The molecule has 0 aliphatic rings. The molecule has 4 heteroatoms. The lowest BCUT2D eigenvalue weighted by molar-refractivity contribution is -0.118. The van der Waals surface area contributed by atoms with E-state index in [-0.39, 0.29) is 11.8 Å². The van der Waals surface area contributed by atoms with E-state index in [1.54, 1.807) is 11.3 Å². The van der Waals surface area contributed by atoms with E-state index in [4.69, 9.17) is 5.73 Å². The first-order valence-electron chi connectivity index (χ1n) is 4.73. The van der Waals surface area contributed by atoms with E-state index in [9.17, 15) is 4.79 Å². The molecule has 1 aromatic rings. The maximum absolute atomic E-state index is 11.6. The van der Waals surface area contributed by atoms with Crippen molar-refractivity contribution in [1.29, 1.82) is 0 Å². The summed E-state index contributed by atoms with van der Waals surface area (Å²) >= 11 is 1.55. The molecule has 1 aromatic heterocycles. The van der Waals surface area contributed by atoms with Crippen molar-refractivity contribution in [3.63, 3.8) is 0 Å². The summed E-state index contributed by atoms with van der Waals surface area (Å²) in [6.45, 7) is 4.01. The predicted octanol–water partition coefficient (Wildman–Crippen LogP) is 2.06. The lowest BCUT2D eigenvalue weighted by Gasteiger charge is -2.16. The highest BCUT2D eigenvalue weighted by Gasteiger charge is 2.19. The summed E-state index contributed by atoms with van der Waals surface area (Å²) < 4.78 is 0. The minimum atomic E-state index is -0.417. The van der Waals surface area contributed by atoms with Crippen LogP contribution in [0.15, 0.2) is 16.8 Å². The first kappa shape index (κ1) is 11.2. The summed E-state index contributed by atoms with van der Waals surface area (Å²) in [5.41, 5.74) is 6.61. The number of anilines is 1. The predicted molar refractivity (Wildman–Crippen MR) is 60.4 cm³/mol. The Morgan fingerprint density at radius 1 is 1.71 bits per heavy atom. The van der Waals surface area contributed by atoms with Gasteiger partial charge < -0.3 is 11.1 Å². The van der Waals surface area contributed by atoms with Gasteiger partial charge in [0.05, 0.1) is 11.7 Å². The quantitative estimate of drug-likeness (QED) is 0.802. The van der Waals surface area contributed by atoms with E-state index < -0.39 is 6.04 Å². The molecule has 0 saturated heterocycles. The van der Waals surface area contributed by atoms with Gasteiger partial charge in [0.2, 0.25) is 5.91 Å². The number of carbonyl (C=O) groups is 1. The van der Waals surface area contributed by atoms with Crippen LogP contribution in [0.1, 0.15) is 20.3 Å². The second-order valence-corrected chi connectivity index (χ2v) is 4.19. The molecular weight excluding hydrogens is 196 g/mol. The summed E-state index contributed by atoms with van der Waals surface area (Å²) in [5, 5.41) is 6.59. The fraction of sp³-hybridized carbons (Fsp3) is 0.500. The van der Waals surface area contributed by atoms with Crippen LogP contribution in [0.2, 0.25) is 0 Å². The SMILES string of the molecule is CCC(C)C(N)C(=O)Nc1ccsc1. The van der Waals surface area contributed by atoms with E-state index in [1.807, 2.05) is 30.7 Å². The van der Waals surface area contributed by atoms with Gasteiger partial charge in [-0.1, -0.05) is 20.3 Å². The average Bonchev–Trinajstić information content (AvgIpc) is 2.68. The number of hydrogen-bond donors (Lipinski definition) is 2. The Hall–Kier alpha value is -0.870. The third kappa shape index (κ3) is 2.82. The lowest BCUT2D eigenvalue weighted by atomic mass is 9.99. The van der Waals surface area contributed by atoms with Crippen LogP contribution in [0.3, 0.4) is 0 Å². The zero-order valence-electron chi connectivity index (χ0n) is 8.49. The fourth-order valence-corrected chi connectivity index (χ4v) is 1.66. The number of rotatable bonds is 4. The van der Waals surface area contributed by atoms with Crippen molar-refractivity contribution < 1.29 is 4.79 Å². The van der Waals surface area contributed by atoms with Gasteiger partial charge in [0.15, 0.2) is 0 Å². The van der Waals surface area contributed by atoms with Gasteiger partial charge in [-0.05, 0) is 17.4 Å². The first-order chi connectivity index (χ1) is 6.65. The van der Waals surface area contributed by atoms with Crippen molar-refractivity contribution in [1.82, 2.24) is 0 Å². The van der Waals surface area contributed by atoms with Crippen molar-refractivity contribution in [2.24, 2.45) is 11.7 Å². The average molecular weight is 212 g/mol. The molecule has 2 atom stereocenters. The summed E-state index contributed by atoms with van der Waals surface area (Å²) in [6.07, 6.45) is 0.915. The number of nitrogens with two attached hydrogens (primary N) is 1. The Balaban J connectivity index is 2.50. The second-order valence-electron chi connectivity index (χ2n) is 3.41. The molecule has 0 radical (unpaired) electrons. The van der Waals surface area contributed by atoms with Gasteiger partial charge in [-0.15, -0.1) is 0 Å². The Morgan fingerprint density at radius 2 is 2.43 bits per heavy atom. The molecule has 0 aliphatic carbocycles. The van der Waals surface area contributed by atoms with Crippen LogP contribution in [-0.2, 0) is 4.79 Å². The molecule has 1 amide bonds. The molecule has 14 heavy (non-hydrogen) atoms. The van der Waals surface area contributed by atoms with Gasteiger partial charge in [0.25, 0.3) is 0 Å². The largest absolute Gasteiger partial charge is 0.324 e. The molecule has 1 heterocycles. The van der Waals surface area contributed by atoms with Gasteiger partial charge in [0.1, 0.15) is 0 Å². The van der Waals surface area contributed by atoms with Crippen LogP contribution in [0.25, 0.3) is 0 Å². The van der Waals surface area contributed by atoms with Crippen LogP contribution < -0.4 is 11.1 Å². The highest BCUT2D eigenvalue weighted by Crippen LogP contribution is 2.13. The summed E-state index contributed by atoms with van der Waals surface area (Å²) in [6, 6.07) is 1.45. The van der Waals surface area contributed by atoms with Gasteiger partial charge in [-0.25, -0.2) is 0 Å². The Bertz CT molecular complexity index is 284. The molecule has 0 bridgehead atoms. The molecule has 0 saturated carbocycles. The molecule has 3 nitrogen and oxygen atoms in total. The van der Waals surface area contributed by atoms with Crippen molar-refractivity contribution in [3.05, 3.63) is 16.8 Å².